The van der Waals surface area contributed by atoms with Gasteiger partial charge in [0.05, 0.1) is 5.69 Å². The number of aryl methyl sites for hydroxylation is 1. The van der Waals surface area contributed by atoms with Gasteiger partial charge in [0.15, 0.2) is 5.82 Å². The molecule has 2 aromatic rings. The predicted octanol–water partition coefficient (Wildman–Crippen LogP) is 3.06. The second-order valence-electron chi connectivity index (χ2n) is 5.56. The summed E-state index contributed by atoms with van der Waals surface area (Å²) in [6.45, 7) is 4.02. The Labute approximate surface area is 127 Å². The molecule has 0 bridgehead atoms. The van der Waals surface area contributed by atoms with Gasteiger partial charge in [-0.3, -0.25) is 0 Å². The molecule has 0 aliphatic heterocycles. The minimum Gasteiger partial charge on any atom is -0.396 e. The molecule has 0 fully saturated rings. The van der Waals surface area contributed by atoms with Crippen LogP contribution in [0.25, 0.3) is 0 Å². The lowest BCUT2D eigenvalue weighted by Crippen LogP contribution is -2.24. The van der Waals surface area contributed by atoms with E-state index in [1.54, 1.807) is 6.20 Å². The van der Waals surface area contributed by atoms with Crippen molar-refractivity contribution in [1.82, 2.24) is 9.88 Å². The maximum atomic E-state index is 6.11. The Balaban J connectivity index is 2.26. The lowest BCUT2D eigenvalue weighted by molar-refractivity contribution is 0.402. The van der Waals surface area contributed by atoms with Gasteiger partial charge in [0.1, 0.15) is 0 Å². The third-order valence-electron chi connectivity index (χ3n) is 3.41. The van der Waals surface area contributed by atoms with Crippen molar-refractivity contribution in [2.45, 2.75) is 13.3 Å². The number of hydrogen-bond acceptors (Lipinski definition) is 4. The Bertz CT molecular complexity index is 563. The first-order chi connectivity index (χ1) is 10.1. The maximum absolute atomic E-state index is 6.11. The molecule has 0 radical (unpaired) electrons. The van der Waals surface area contributed by atoms with Crippen LogP contribution in [0.5, 0.6) is 0 Å². The standard InChI is InChI=1S/C17H24N4/c1-14-7-9-15(10-8-14)21(13-5-12-20(2)3)17-16(18)6-4-11-19-17/h4,6-11H,5,12-13,18H2,1-3H3. The molecule has 2 N–H and O–H groups in total. The van der Waals surface area contributed by atoms with Crippen molar-refractivity contribution in [2.24, 2.45) is 0 Å². The van der Waals surface area contributed by atoms with E-state index < -0.39 is 0 Å². The van der Waals surface area contributed by atoms with E-state index in [-0.39, 0.29) is 0 Å². The van der Waals surface area contributed by atoms with E-state index in [0.717, 1.165) is 31.0 Å². The fraction of sp³-hybridized carbons (Fsp3) is 0.353. The molecule has 4 heteroatoms. The zero-order valence-electron chi connectivity index (χ0n) is 13.1. The molecule has 0 amide bonds. The number of rotatable bonds is 6. The summed E-state index contributed by atoms with van der Waals surface area (Å²) in [5, 5.41) is 0. The van der Waals surface area contributed by atoms with Gasteiger partial charge in [0, 0.05) is 18.4 Å². The van der Waals surface area contributed by atoms with Crippen LogP contribution in [0.4, 0.5) is 17.2 Å². The van der Waals surface area contributed by atoms with E-state index >= 15 is 0 Å². The highest BCUT2D eigenvalue weighted by Crippen LogP contribution is 2.28. The summed E-state index contributed by atoms with van der Waals surface area (Å²) in [4.78, 5) is 8.84. The number of pyridine rings is 1. The summed E-state index contributed by atoms with van der Waals surface area (Å²) < 4.78 is 0. The number of hydrogen-bond donors (Lipinski definition) is 1. The normalized spacial score (nSPS) is 10.9. The smallest absolute Gasteiger partial charge is 0.156 e. The van der Waals surface area contributed by atoms with Gasteiger partial charge >= 0.3 is 0 Å². The van der Waals surface area contributed by atoms with Gasteiger partial charge in [-0.2, -0.15) is 0 Å². The van der Waals surface area contributed by atoms with Gasteiger partial charge in [0.2, 0.25) is 0 Å². The first kappa shape index (κ1) is 15.3. The summed E-state index contributed by atoms with van der Waals surface area (Å²) in [5.41, 5.74) is 9.20. The van der Waals surface area contributed by atoms with Crippen LogP contribution in [0.2, 0.25) is 0 Å². The molecule has 0 saturated carbocycles. The number of benzene rings is 1. The van der Waals surface area contributed by atoms with E-state index in [0.29, 0.717) is 5.69 Å². The second-order valence-corrected chi connectivity index (χ2v) is 5.56. The second kappa shape index (κ2) is 7.09. The van der Waals surface area contributed by atoms with E-state index in [4.69, 9.17) is 5.73 Å². The van der Waals surface area contributed by atoms with Gasteiger partial charge in [-0.25, -0.2) is 4.98 Å². The average molecular weight is 284 g/mol. The molecule has 1 aromatic carbocycles. The van der Waals surface area contributed by atoms with Crippen LogP contribution >= 0.6 is 0 Å². The molecule has 0 saturated heterocycles. The Morgan fingerprint density at radius 1 is 1.05 bits per heavy atom. The number of nitrogens with two attached hydrogens (primary N) is 1. The first-order valence-corrected chi connectivity index (χ1v) is 7.27. The van der Waals surface area contributed by atoms with Crippen LogP contribution in [-0.2, 0) is 0 Å². The third-order valence-corrected chi connectivity index (χ3v) is 3.41. The summed E-state index contributed by atoms with van der Waals surface area (Å²) in [6, 6.07) is 12.3. The van der Waals surface area contributed by atoms with Crippen LogP contribution in [0.1, 0.15) is 12.0 Å². The van der Waals surface area contributed by atoms with Crippen LogP contribution in [0.3, 0.4) is 0 Å². The van der Waals surface area contributed by atoms with E-state index in [1.165, 1.54) is 5.56 Å². The molecular weight excluding hydrogens is 260 g/mol. The third kappa shape index (κ3) is 4.20. The molecule has 1 aromatic heterocycles. The fourth-order valence-electron chi connectivity index (χ4n) is 2.26. The van der Waals surface area contributed by atoms with Crippen molar-refractivity contribution in [3.05, 3.63) is 48.2 Å². The minimum atomic E-state index is 0.711. The molecular formula is C17H24N4. The highest BCUT2D eigenvalue weighted by Gasteiger charge is 2.13. The first-order valence-electron chi connectivity index (χ1n) is 7.27. The van der Waals surface area contributed by atoms with Gasteiger partial charge in [-0.05, 0) is 58.3 Å². The highest BCUT2D eigenvalue weighted by molar-refractivity contribution is 5.70. The number of aromatic nitrogens is 1. The van der Waals surface area contributed by atoms with Crippen molar-refractivity contribution in [3.8, 4) is 0 Å². The molecule has 112 valence electrons. The van der Waals surface area contributed by atoms with E-state index in [2.05, 4.69) is 60.1 Å². The van der Waals surface area contributed by atoms with Crippen molar-refractivity contribution in [3.63, 3.8) is 0 Å². The molecule has 0 aliphatic carbocycles. The van der Waals surface area contributed by atoms with Gasteiger partial charge in [-0.1, -0.05) is 17.7 Å². The summed E-state index contributed by atoms with van der Waals surface area (Å²) in [7, 11) is 4.18. The average Bonchev–Trinajstić information content (AvgIpc) is 2.46. The van der Waals surface area contributed by atoms with E-state index in [9.17, 15) is 0 Å². The number of anilines is 3. The van der Waals surface area contributed by atoms with Gasteiger partial charge in [-0.15, -0.1) is 0 Å². The molecule has 4 nitrogen and oxygen atoms in total. The van der Waals surface area contributed by atoms with Crippen molar-refractivity contribution < 1.29 is 0 Å². The number of nitrogens with zero attached hydrogens (tertiary/aromatic N) is 3. The summed E-state index contributed by atoms with van der Waals surface area (Å²) >= 11 is 0. The Hall–Kier alpha value is -2.07. The zero-order valence-corrected chi connectivity index (χ0v) is 13.1. The molecule has 0 unspecified atom stereocenters. The Kier molecular flexibility index (Phi) is 5.17. The fourth-order valence-corrected chi connectivity index (χ4v) is 2.26. The van der Waals surface area contributed by atoms with Crippen LogP contribution in [-0.4, -0.2) is 37.1 Å². The monoisotopic (exact) mass is 284 g/mol. The number of nitrogen functional groups attached to an aromatic ring is 1. The van der Waals surface area contributed by atoms with E-state index in [1.807, 2.05) is 12.1 Å². The molecule has 1 heterocycles. The highest BCUT2D eigenvalue weighted by atomic mass is 15.2. The van der Waals surface area contributed by atoms with Crippen molar-refractivity contribution in [1.29, 1.82) is 0 Å². The van der Waals surface area contributed by atoms with Crippen molar-refractivity contribution >= 4 is 17.2 Å². The van der Waals surface area contributed by atoms with Crippen molar-refractivity contribution in [2.75, 3.05) is 37.8 Å². The molecule has 0 atom stereocenters. The van der Waals surface area contributed by atoms with Crippen LogP contribution in [0, 0.1) is 6.92 Å². The minimum absolute atomic E-state index is 0.711. The van der Waals surface area contributed by atoms with Gasteiger partial charge in [0.25, 0.3) is 0 Å². The van der Waals surface area contributed by atoms with Crippen LogP contribution in [0.15, 0.2) is 42.6 Å². The SMILES string of the molecule is Cc1ccc(N(CCCN(C)C)c2ncccc2N)cc1. The maximum Gasteiger partial charge on any atom is 0.156 e. The quantitative estimate of drug-likeness (QED) is 0.885. The lowest BCUT2D eigenvalue weighted by Gasteiger charge is -2.26. The largest absolute Gasteiger partial charge is 0.396 e. The molecule has 0 spiro atoms. The molecule has 2 rings (SSSR count). The predicted molar refractivity (Wildman–Crippen MR) is 90.0 cm³/mol. The zero-order chi connectivity index (χ0) is 15.2. The Morgan fingerprint density at radius 2 is 1.76 bits per heavy atom. The molecule has 21 heavy (non-hydrogen) atoms. The lowest BCUT2D eigenvalue weighted by atomic mass is 10.2. The topological polar surface area (TPSA) is 45.4 Å². The van der Waals surface area contributed by atoms with Crippen LogP contribution < -0.4 is 10.6 Å². The molecule has 0 aliphatic rings. The summed E-state index contributed by atoms with van der Waals surface area (Å²) in [6.07, 6.45) is 2.84. The van der Waals surface area contributed by atoms with Gasteiger partial charge < -0.3 is 15.5 Å². The Morgan fingerprint density at radius 3 is 2.38 bits per heavy atom. The summed E-state index contributed by atoms with van der Waals surface area (Å²) in [5.74, 6) is 0.833.